The number of alkyl halides is 2. The summed E-state index contributed by atoms with van der Waals surface area (Å²) < 4.78 is 100. The first-order valence-electron chi connectivity index (χ1n) is 15.3. The van der Waals surface area contributed by atoms with Gasteiger partial charge in [-0.3, -0.25) is 37.0 Å². The Labute approximate surface area is 298 Å². The first kappa shape index (κ1) is 37.2. The fourth-order valence-corrected chi connectivity index (χ4v) is 9.96. The van der Waals surface area contributed by atoms with Crippen molar-refractivity contribution in [3.05, 3.63) is 75.6 Å². The molecule has 26 heteroatoms. The number of benzene rings is 1. The minimum atomic E-state index is -5.29. The van der Waals surface area contributed by atoms with E-state index in [2.05, 4.69) is 19.7 Å². The molecule has 0 saturated carbocycles. The first-order valence-corrected chi connectivity index (χ1v) is 19.9. The summed E-state index contributed by atoms with van der Waals surface area (Å²) in [6.07, 6.45) is -13.5. The standard InChI is InChI=1S/C27H27F2N7O14P2S/c28-17-15-8-45-52(43,53-9-12-1-3-13(4-2-12)46-27(39)40)50-21-18(29)14(48-25(21)36-11-33-19-22(30)31-10-32-23(19)36)7-44-51(41,42)49-20(17)24(47-15)35-6-5-16(37)34-26(35)38/h1-6,10-11,14-15,17-18,20-21,24-25H,7-9H2,(H,39,40)(H,41,42)(H2,30,31,32)(H,34,37,38)/t14-,15-,17-,18-,20-,21-,24-,25-,52?/m1/s1. The molecule has 21 nitrogen and oxygen atoms in total. The Morgan fingerprint density at radius 3 is 2.32 bits per heavy atom. The lowest BCUT2D eigenvalue weighted by Gasteiger charge is -2.27. The predicted octanol–water partition coefficient (Wildman–Crippen LogP) is 2.45. The Morgan fingerprint density at radius 2 is 1.64 bits per heavy atom. The third-order valence-corrected chi connectivity index (χ3v) is 12.8. The van der Waals surface area contributed by atoms with E-state index in [-0.39, 0.29) is 28.5 Å². The molecule has 6 heterocycles. The Bertz CT molecular complexity index is 2230. The Hall–Kier alpha value is -4.09. The number of hydrogen-bond donors (Lipinski definition) is 4. The van der Waals surface area contributed by atoms with Crippen LogP contribution in [0.2, 0.25) is 0 Å². The van der Waals surface area contributed by atoms with Gasteiger partial charge in [-0.15, -0.1) is 0 Å². The summed E-state index contributed by atoms with van der Waals surface area (Å²) in [5.41, 5.74) is 4.64. The van der Waals surface area contributed by atoms with Gasteiger partial charge in [0, 0.05) is 18.0 Å². The zero-order valence-electron chi connectivity index (χ0n) is 26.5. The molecule has 10 atom stereocenters. The van der Waals surface area contributed by atoms with Gasteiger partial charge in [0.25, 0.3) is 5.56 Å². The van der Waals surface area contributed by atoms with Crippen molar-refractivity contribution < 1.29 is 65.0 Å². The smallest absolute Gasteiger partial charge is 0.449 e. The molecule has 3 aromatic heterocycles. The maximum absolute atomic E-state index is 16.4. The van der Waals surface area contributed by atoms with Crippen LogP contribution in [0, 0.1) is 0 Å². The molecular formula is C27H27F2N7O14P2S. The zero-order chi connectivity index (χ0) is 37.7. The third-order valence-electron chi connectivity index (χ3n) is 8.14. The number of fused-ring (bicyclic) bond motifs is 5. The largest absolute Gasteiger partial charge is 0.511 e. The second-order valence-corrected chi connectivity index (χ2v) is 17.0. The van der Waals surface area contributed by atoms with Crippen LogP contribution < -0.4 is 21.7 Å². The molecule has 4 bridgehead atoms. The molecule has 3 fully saturated rings. The normalized spacial score (nSPS) is 33.4. The minimum absolute atomic E-state index is 0.00687. The number of nitrogens with two attached hydrogens (primary N) is 1. The van der Waals surface area contributed by atoms with Crippen LogP contribution in [0.5, 0.6) is 5.75 Å². The van der Waals surface area contributed by atoms with E-state index in [0.717, 1.165) is 18.6 Å². The number of nitrogen functional groups attached to an aromatic ring is 1. The van der Waals surface area contributed by atoms with E-state index in [1.54, 1.807) is 0 Å². The van der Waals surface area contributed by atoms with Crippen LogP contribution in [-0.4, -0.2) is 95.2 Å². The SMILES string of the molecule is Nc1ncnc2c1ncn2[C@@H]1O[C@@H]2COP(=O)(O)O[C@@H]3[C@H](F)[C@@H](COP(=O)(SCc4ccc(OC(=O)O)cc4)O[C@@H]1[C@@H]2F)O[C@H]3n1ccc(=O)[nH]c1=O. The predicted molar refractivity (Wildman–Crippen MR) is 174 cm³/mol. The number of nitrogens with one attached hydrogen (secondary N) is 1. The highest BCUT2D eigenvalue weighted by molar-refractivity contribution is 8.54. The highest BCUT2D eigenvalue weighted by Gasteiger charge is 2.55. The van der Waals surface area contributed by atoms with Gasteiger partial charge in [-0.25, -0.2) is 42.5 Å². The van der Waals surface area contributed by atoms with Gasteiger partial charge >= 0.3 is 26.5 Å². The lowest BCUT2D eigenvalue weighted by Crippen LogP contribution is -2.38. The molecule has 0 radical (unpaired) electrons. The van der Waals surface area contributed by atoms with Gasteiger partial charge in [0.05, 0.1) is 19.5 Å². The number of carboxylic acid groups (broad SMARTS) is 1. The quantitative estimate of drug-likeness (QED) is 0.124. The molecule has 0 amide bonds. The first-order chi connectivity index (χ1) is 25.2. The maximum Gasteiger partial charge on any atom is 0.511 e. The molecule has 53 heavy (non-hydrogen) atoms. The Kier molecular flexibility index (Phi) is 10.3. The van der Waals surface area contributed by atoms with Crippen molar-refractivity contribution in [2.45, 2.75) is 55.0 Å². The number of halogens is 2. The van der Waals surface area contributed by atoms with Crippen LogP contribution in [0.1, 0.15) is 18.0 Å². The Morgan fingerprint density at radius 1 is 0.981 bits per heavy atom. The van der Waals surface area contributed by atoms with Crippen LogP contribution in [0.4, 0.5) is 19.4 Å². The van der Waals surface area contributed by atoms with Crippen molar-refractivity contribution in [2.75, 3.05) is 18.9 Å². The number of phosphoric acid groups is 1. The molecule has 2 unspecified atom stereocenters. The molecule has 0 aliphatic carbocycles. The molecule has 3 aliphatic rings. The van der Waals surface area contributed by atoms with E-state index in [9.17, 15) is 28.4 Å². The third kappa shape index (κ3) is 7.78. The summed E-state index contributed by atoms with van der Waals surface area (Å²) in [6.45, 7) is -6.54. The molecule has 7 rings (SSSR count). The van der Waals surface area contributed by atoms with Crippen molar-refractivity contribution in [3.63, 3.8) is 0 Å². The molecule has 1 aromatic carbocycles. The van der Waals surface area contributed by atoms with E-state index in [1.807, 2.05) is 4.98 Å². The second-order valence-electron chi connectivity index (χ2n) is 11.6. The maximum atomic E-state index is 16.4. The number of nitrogens with zero attached hydrogens (tertiary/aromatic N) is 5. The van der Waals surface area contributed by atoms with Crippen LogP contribution in [0.3, 0.4) is 0 Å². The molecule has 3 saturated heterocycles. The zero-order valence-corrected chi connectivity index (χ0v) is 29.1. The molecule has 3 aliphatic heterocycles. The molecule has 4 aromatic rings. The summed E-state index contributed by atoms with van der Waals surface area (Å²) in [4.78, 5) is 59.9. The number of imidazole rings is 1. The van der Waals surface area contributed by atoms with Gasteiger partial charge in [0.15, 0.2) is 36.3 Å². The lowest BCUT2D eigenvalue weighted by molar-refractivity contribution is -0.0650. The summed E-state index contributed by atoms with van der Waals surface area (Å²) in [6, 6.07) is 6.47. The summed E-state index contributed by atoms with van der Waals surface area (Å²) in [5.74, 6) is -0.184. The van der Waals surface area contributed by atoms with Crippen LogP contribution in [-0.2, 0) is 42.5 Å². The number of anilines is 1. The van der Waals surface area contributed by atoms with Gasteiger partial charge in [-0.1, -0.05) is 12.1 Å². The highest BCUT2D eigenvalue weighted by Crippen LogP contribution is 2.65. The Balaban J connectivity index is 1.24. The van der Waals surface area contributed by atoms with Crippen LogP contribution >= 0.6 is 26.0 Å². The van der Waals surface area contributed by atoms with E-state index < -0.39 is 94.5 Å². The summed E-state index contributed by atoms with van der Waals surface area (Å²) in [7, 11) is -5.29. The molecule has 284 valence electrons. The number of H-pyrrole nitrogens is 1. The number of aromatic amines is 1. The number of aromatic nitrogens is 6. The fraction of sp³-hybridized carbons (Fsp3) is 0.407. The van der Waals surface area contributed by atoms with E-state index in [0.29, 0.717) is 21.5 Å². The van der Waals surface area contributed by atoms with Crippen molar-refractivity contribution in [1.82, 2.24) is 29.1 Å². The average Bonchev–Trinajstić information content (AvgIpc) is 3.76. The van der Waals surface area contributed by atoms with Crippen LogP contribution in [0.25, 0.3) is 11.2 Å². The number of phosphoric ester groups is 1. The van der Waals surface area contributed by atoms with Gasteiger partial charge in [-0.05, 0) is 29.1 Å². The van der Waals surface area contributed by atoms with E-state index in [4.69, 9.17) is 38.4 Å². The van der Waals surface area contributed by atoms with Crippen molar-refractivity contribution in [3.8, 4) is 5.75 Å². The van der Waals surface area contributed by atoms with Gasteiger partial charge in [-0.2, -0.15) is 0 Å². The van der Waals surface area contributed by atoms with E-state index in [1.165, 1.54) is 35.2 Å². The second kappa shape index (κ2) is 14.6. The topological polar surface area (TPSA) is 281 Å². The fourth-order valence-electron chi connectivity index (χ4n) is 5.69. The highest BCUT2D eigenvalue weighted by atomic mass is 32.7. The van der Waals surface area contributed by atoms with Crippen molar-refractivity contribution in [2.24, 2.45) is 0 Å². The van der Waals surface area contributed by atoms with E-state index >= 15 is 8.78 Å². The lowest BCUT2D eigenvalue weighted by atomic mass is 10.1. The number of ether oxygens (including phenoxy) is 3. The molecule has 0 spiro atoms. The summed E-state index contributed by atoms with van der Waals surface area (Å²) >= 11 is 0.547. The molecule has 5 N–H and O–H groups in total. The monoisotopic (exact) mass is 805 g/mol. The van der Waals surface area contributed by atoms with Crippen molar-refractivity contribution in [1.29, 1.82) is 0 Å². The minimum Gasteiger partial charge on any atom is -0.449 e. The average molecular weight is 806 g/mol. The van der Waals surface area contributed by atoms with Crippen molar-refractivity contribution >= 4 is 49.1 Å². The number of carbonyl (C=O) groups is 1. The number of hydrogen-bond acceptors (Lipinski definition) is 17. The van der Waals surface area contributed by atoms with Crippen LogP contribution in [0.15, 0.2) is 58.8 Å². The molecular weight excluding hydrogens is 778 g/mol. The van der Waals surface area contributed by atoms with Gasteiger partial charge < -0.3 is 29.9 Å². The summed E-state index contributed by atoms with van der Waals surface area (Å²) in [5, 5.41) is 8.87. The van der Waals surface area contributed by atoms with Gasteiger partial charge in [0.1, 0.15) is 42.0 Å². The number of rotatable bonds is 6. The van der Waals surface area contributed by atoms with Gasteiger partial charge in [0.2, 0.25) is 0 Å².